The molecule has 0 saturated carbocycles. The second-order valence-electron chi connectivity index (χ2n) is 3.43. The van der Waals surface area contributed by atoms with Crippen LogP contribution in [0.5, 0.6) is 0 Å². The van der Waals surface area contributed by atoms with E-state index in [1.807, 2.05) is 0 Å². The van der Waals surface area contributed by atoms with Crippen molar-refractivity contribution in [1.29, 1.82) is 0 Å². The Bertz CT molecular complexity index is 372. The third-order valence-electron chi connectivity index (χ3n) is 2.02. The molecule has 16 heavy (non-hydrogen) atoms. The van der Waals surface area contributed by atoms with E-state index in [1.165, 1.54) is 4.90 Å². The van der Waals surface area contributed by atoms with Crippen LogP contribution in [0, 0.1) is 0 Å². The van der Waals surface area contributed by atoms with Crippen molar-refractivity contribution in [3.8, 4) is 0 Å². The maximum atomic E-state index is 10.5. The molecule has 0 aliphatic carbocycles. The fraction of sp³-hybridized carbons (Fsp3) is 0.444. The number of hydrogen-bond donors (Lipinski definition) is 2. The Morgan fingerprint density at radius 2 is 1.94 bits per heavy atom. The molecule has 2 N–H and O–H groups in total. The summed E-state index contributed by atoms with van der Waals surface area (Å²) in [6, 6.07) is 0. The van der Waals surface area contributed by atoms with Gasteiger partial charge in [0.15, 0.2) is 0 Å². The summed E-state index contributed by atoms with van der Waals surface area (Å²) in [4.78, 5) is 26.3. The number of hydrogen-bond acceptors (Lipinski definition) is 4. The molecule has 0 aliphatic rings. The van der Waals surface area contributed by atoms with Crippen LogP contribution >= 0.6 is 0 Å². The van der Waals surface area contributed by atoms with Crippen LogP contribution < -0.4 is 0 Å². The first kappa shape index (κ1) is 12.2. The minimum atomic E-state index is -1.05. The van der Waals surface area contributed by atoms with E-state index in [-0.39, 0.29) is 19.6 Å². The fourth-order valence-corrected chi connectivity index (χ4v) is 1.32. The number of imidazole rings is 1. The lowest BCUT2D eigenvalue weighted by Crippen LogP contribution is -2.34. The highest BCUT2D eigenvalue weighted by Crippen LogP contribution is 2.02. The zero-order valence-electron chi connectivity index (χ0n) is 8.83. The number of aromatic nitrogens is 2. The van der Waals surface area contributed by atoms with Crippen molar-refractivity contribution in [2.75, 3.05) is 13.1 Å². The van der Waals surface area contributed by atoms with Crippen molar-refractivity contribution in [2.24, 2.45) is 7.05 Å². The van der Waals surface area contributed by atoms with Gasteiger partial charge in [0.2, 0.25) is 0 Å². The quantitative estimate of drug-likeness (QED) is 0.673. The molecule has 7 nitrogen and oxygen atoms in total. The molecule has 88 valence electrons. The van der Waals surface area contributed by atoms with Gasteiger partial charge in [0.1, 0.15) is 0 Å². The van der Waals surface area contributed by atoms with Gasteiger partial charge in [-0.1, -0.05) is 0 Å². The highest BCUT2D eigenvalue weighted by atomic mass is 16.4. The number of aliphatic carboxylic acids is 2. The van der Waals surface area contributed by atoms with Crippen LogP contribution in [-0.2, 0) is 23.2 Å². The van der Waals surface area contributed by atoms with Gasteiger partial charge in [-0.25, -0.2) is 4.98 Å². The first-order chi connectivity index (χ1) is 7.49. The smallest absolute Gasteiger partial charge is 0.317 e. The molecule has 1 aromatic rings. The maximum Gasteiger partial charge on any atom is 0.317 e. The van der Waals surface area contributed by atoms with Crippen LogP contribution in [0.3, 0.4) is 0 Å². The minimum absolute atomic E-state index is 0.245. The molecule has 0 fully saturated rings. The second-order valence-corrected chi connectivity index (χ2v) is 3.43. The Kier molecular flexibility index (Phi) is 4.01. The van der Waals surface area contributed by atoms with E-state index in [9.17, 15) is 9.59 Å². The first-order valence-electron chi connectivity index (χ1n) is 4.60. The van der Waals surface area contributed by atoms with Crippen molar-refractivity contribution < 1.29 is 19.8 Å². The highest BCUT2D eigenvalue weighted by Gasteiger charge is 2.15. The van der Waals surface area contributed by atoms with Crippen molar-refractivity contribution in [3.63, 3.8) is 0 Å². The largest absolute Gasteiger partial charge is 0.480 e. The minimum Gasteiger partial charge on any atom is -0.480 e. The summed E-state index contributed by atoms with van der Waals surface area (Å²) in [5.41, 5.74) is 0.766. The van der Waals surface area contributed by atoms with Crippen LogP contribution in [0.1, 0.15) is 5.69 Å². The molecular weight excluding hydrogens is 214 g/mol. The molecular formula is C9H13N3O4. The molecule has 0 spiro atoms. The molecule has 0 radical (unpaired) electrons. The van der Waals surface area contributed by atoms with Gasteiger partial charge >= 0.3 is 11.9 Å². The molecule has 0 atom stereocenters. The molecule has 1 heterocycles. The normalized spacial score (nSPS) is 10.6. The summed E-state index contributed by atoms with van der Waals surface area (Å²) in [6.45, 7) is -0.371. The predicted molar refractivity (Wildman–Crippen MR) is 53.8 cm³/mol. The van der Waals surface area contributed by atoms with Gasteiger partial charge in [-0.2, -0.15) is 0 Å². The van der Waals surface area contributed by atoms with Gasteiger partial charge in [-0.15, -0.1) is 0 Å². The summed E-state index contributed by atoms with van der Waals surface area (Å²) in [5, 5.41) is 17.3. The highest BCUT2D eigenvalue weighted by molar-refractivity contribution is 5.72. The standard InChI is InChI=1S/C9H13N3O4/c1-11-6-10-2-7(11)3-12(4-8(13)14)5-9(15)16/h2,6H,3-5H2,1H3,(H,13,14)(H,15,16). The van der Waals surface area contributed by atoms with E-state index in [2.05, 4.69) is 4.98 Å². The third-order valence-corrected chi connectivity index (χ3v) is 2.02. The molecule has 0 aromatic carbocycles. The van der Waals surface area contributed by atoms with E-state index >= 15 is 0 Å². The number of carboxylic acids is 2. The van der Waals surface area contributed by atoms with E-state index in [0.29, 0.717) is 0 Å². The third kappa shape index (κ3) is 3.70. The number of nitrogens with zero attached hydrogens (tertiary/aromatic N) is 3. The Hall–Kier alpha value is -1.89. The van der Waals surface area contributed by atoms with Crippen LogP contribution in [0.2, 0.25) is 0 Å². The molecule has 0 saturated heterocycles. The Balaban J connectivity index is 2.66. The topological polar surface area (TPSA) is 95.7 Å². The molecule has 0 amide bonds. The number of rotatable bonds is 6. The molecule has 0 unspecified atom stereocenters. The van der Waals surface area contributed by atoms with Crippen molar-refractivity contribution in [2.45, 2.75) is 6.54 Å². The molecule has 0 bridgehead atoms. The van der Waals surface area contributed by atoms with Crippen LogP contribution in [0.15, 0.2) is 12.5 Å². The second kappa shape index (κ2) is 5.26. The maximum absolute atomic E-state index is 10.5. The van der Waals surface area contributed by atoms with Gasteiger partial charge in [-0.3, -0.25) is 14.5 Å². The Morgan fingerprint density at radius 1 is 1.38 bits per heavy atom. The Labute approximate surface area is 91.9 Å². The van der Waals surface area contributed by atoms with Crippen molar-refractivity contribution >= 4 is 11.9 Å². The average Bonchev–Trinajstić information content (AvgIpc) is 2.49. The predicted octanol–water partition coefficient (Wildman–Crippen LogP) is -0.609. The van der Waals surface area contributed by atoms with Gasteiger partial charge in [-0.05, 0) is 0 Å². The van der Waals surface area contributed by atoms with Gasteiger partial charge in [0, 0.05) is 19.8 Å². The van der Waals surface area contributed by atoms with E-state index in [1.54, 1.807) is 24.1 Å². The van der Waals surface area contributed by atoms with Crippen LogP contribution in [0.25, 0.3) is 0 Å². The molecule has 1 rings (SSSR count). The fourth-order valence-electron chi connectivity index (χ4n) is 1.32. The lowest BCUT2D eigenvalue weighted by Gasteiger charge is -2.17. The van der Waals surface area contributed by atoms with Crippen molar-refractivity contribution in [1.82, 2.24) is 14.5 Å². The summed E-state index contributed by atoms with van der Waals surface area (Å²) in [7, 11) is 1.77. The monoisotopic (exact) mass is 227 g/mol. The lowest BCUT2D eigenvalue weighted by atomic mass is 10.3. The van der Waals surface area contributed by atoms with Gasteiger partial charge < -0.3 is 14.8 Å². The van der Waals surface area contributed by atoms with Gasteiger partial charge in [0.25, 0.3) is 0 Å². The molecule has 0 aliphatic heterocycles. The number of aryl methyl sites for hydroxylation is 1. The zero-order valence-corrected chi connectivity index (χ0v) is 8.83. The van der Waals surface area contributed by atoms with Crippen LogP contribution in [-0.4, -0.2) is 49.7 Å². The Morgan fingerprint density at radius 3 is 2.31 bits per heavy atom. The number of carboxylic acid groups (broad SMARTS) is 2. The van der Waals surface area contributed by atoms with E-state index in [0.717, 1.165) is 5.69 Å². The molecule has 7 heteroatoms. The zero-order chi connectivity index (χ0) is 12.1. The number of carbonyl (C=O) groups is 2. The van der Waals surface area contributed by atoms with Crippen molar-refractivity contribution in [3.05, 3.63) is 18.2 Å². The molecule has 1 aromatic heterocycles. The summed E-state index contributed by atoms with van der Waals surface area (Å²) < 4.78 is 1.72. The summed E-state index contributed by atoms with van der Waals surface area (Å²) >= 11 is 0. The van der Waals surface area contributed by atoms with E-state index in [4.69, 9.17) is 10.2 Å². The SMILES string of the molecule is Cn1cncc1CN(CC(=O)O)CC(=O)O. The summed E-state index contributed by atoms with van der Waals surface area (Å²) in [5.74, 6) is -2.10. The average molecular weight is 227 g/mol. The van der Waals surface area contributed by atoms with E-state index < -0.39 is 11.9 Å². The summed E-state index contributed by atoms with van der Waals surface area (Å²) in [6.07, 6.45) is 3.16. The van der Waals surface area contributed by atoms with Gasteiger partial charge in [0.05, 0.1) is 25.1 Å². The lowest BCUT2D eigenvalue weighted by molar-refractivity contribution is -0.142. The first-order valence-corrected chi connectivity index (χ1v) is 4.60. The van der Waals surface area contributed by atoms with Crippen LogP contribution in [0.4, 0.5) is 0 Å².